The van der Waals surface area contributed by atoms with E-state index in [1.54, 1.807) is 0 Å². The Kier molecular flexibility index (Phi) is 9.73. The van der Waals surface area contributed by atoms with E-state index in [1.165, 1.54) is 0 Å². The average molecular weight is 512 g/mol. The van der Waals surface area contributed by atoms with E-state index in [0.717, 1.165) is 22.2 Å². The van der Waals surface area contributed by atoms with Crippen molar-refractivity contribution < 1.29 is 14.3 Å². The van der Waals surface area contributed by atoms with Crippen LogP contribution in [0.15, 0.2) is 0 Å². The fourth-order valence-corrected chi connectivity index (χ4v) is 4.18. The molecule has 0 bridgehead atoms. The lowest BCUT2D eigenvalue weighted by Crippen LogP contribution is -2.41. The van der Waals surface area contributed by atoms with Crippen molar-refractivity contribution in [1.82, 2.24) is 14.7 Å². The molecule has 158 valence electrons. The van der Waals surface area contributed by atoms with Gasteiger partial charge in [0.25, 0.3) is 0 Å². The maximum Gasteiger partial charge on any atom is 0.246 e. The lowest BCUT2D eigenvalue weighted by molar-refractivity contribution is 0.117. The van der Waals surface area contributed by atoms with Gasteiger partial charge >= 0.3 is 0 Å². The molecular formula is C19H38IN3O3Si. The van der Waals surface area contributed by atoms with E-state index in [-0.39, 0.29) is 11.1 Å². The lowest BCUT2D eigenvalue weighted by atomic mass is 10.2. The van der Waals surface area contributed by atoms with Crippen molar-refractivity contribution in [1.29, 1.82) is 0 Å². The smallest absolute Gasteiger partial charge is 0.246 e. The second-order valence-electron chi connectivity index (χ2n) is 8.59. The first kappa shape index (κ1) is 24.9. The summed E-state index contributed by atoms with van der Waals surface area (Å²) >= 11 is 2.31. The molecule has 1 atom stereocenters. The Morgan fingerprint density at radius 2 is 1.93 bits per heavy atom. The standard InChI is InChI=1S/C19H38IN3O3Si/c1-9-15(24)13-22(6)14-16-17(20)18(25-10-2)21-23(16)11-12-26-27(7,8)19(3,4)5/h15,24H,9-14H2,1-8H3/t15-/m1/s1. The highest BCUT2D eigenvalue weighted by atomic mass is 127. The molecule has 1 aromatic heterocycles. The fraction of sp³-hybridized carbons (Fsp3) is 0.842. The molecule has 1 rings (SSSR count). The highest BCUT2D eigenvalue weighted by Gasteiger charge is 2.37. The molecule has 0 aliphatic carbocycles. The summed E-state index contributed by atoms with van der Waals surface area (Å²) in [5, 5.41) is 14.8. The zero-order valence-corrected chi connectivity index (χ0v) is 21.5. The van der Waals surface area contributed by atoms with Gasteiger partial charge in [0.1, 0.15) is 0 Å². The van der Waals surface area contributed by atoms with Crippen molar-refractivity contribution in [3.8, 4) is 5.88 Å². The van der Waals surface area contributed by atoms with E-state index in [2.05, 4.69) is 66.5 Å². The molecule has 0 aliphatic heterocycles. The van der Waals surface area contributed by atoms with Crippen LogP contribution < -0.4 is 4.74 Å². The van der Waals surface area contributed by atoms with Crippen LogP contribution in [0.3, 0.4) is 0 Å². The quantitative estimate of drug-likeness (QED) is 0.358. The topological polar surface area (TPSA) is 59.8 Å². The van der Waals surface area contributed by atoms with Crippen LogP contribution in [0, 0.1) is 3.57 Å². The Hall–Kier alpha value is -0.163. The summed E-state index contributed by atoms with van der Waals surface area (Å²) in [5.74, 6) is 0.685. The predicted octanol–water partition coefficient (Wildman–Crippen LogP) is 4.11. The molecule has 0 saturated carbocycles. The van der Waals surface area contributed by atoms with Crippen LogP contribution >= 0.6 is 22.6 Å². The van der Waals surface area contributed by atoms with Gasteiger partial charge in [-0.05, 0) is 61.1 Å². The van der Waals surface area contributed by atoms with Crippen LogP contribution in [0.1, 0.15) is 46.7 Å². The summed E-state index contributed by atoms with van der Waals surface area (Å²) in [6, 6.07) is 0. The number of likely N-dealkylation sites (N-methyl/N-ethyl adjacent to an activating group) is 1. The number of aliphatic hydroxyl groups excluding tert-OH is 1. The molecular weight excluding hydrogens is 473 g/mol. The number of aliphatic hydroxyl groups is 1. The zero-order valence-electron chi connectivity index (χ0n) is 18.3. The lowest BCUT2D eigenvalue weighted by Gasteiger charge is -2.36. The van der Waals surface area contributed by atoms with Crippen molar-refractivity contribution in [3.63, 3.8) is 0 Å². The normalized spacial score (nSPS) is 14.0. The molecule has 8 heteroatoms. The number of rotatable bonds is 11. The predicted molar refractivity (Wildman–Crippen MR) is 122 cm³/mol. The number of halogens is 1. The number of nitrogens with zero attached hydrogens (tertiary/aromatic N) is 3. The van der Waals surface area contributed by atoms with Gasteiger partial charge < -0.3 is 14.3 Å². The molecule has 0 radical (unpaired) electrons. The van der Waals surface area contributed by atoms with Gasteiger partial charge in [-0.3, -0.25) is 9.58 Å². The third kappa shape index (κ3) is 7.30. The van der Waals surface area contributed by atoms with Gasteiger partial charge in [-0.25, -0.2) is 0 Å². The Bertz CT molecular complexity index is 587. The first-order valence-corrected chi connectivity index (χ1v) is 13.8. The monoisotopic (exact) mass is 511 g/mol. The molecule has 1 aromatic rings. The van der Waals surface area contributed by atoms with Crippen molar-refractivity contribution in [2.45, 2.75) is 78.4 Å². The van der Waals surface area contributed by atoms with Gasteiger partial charge in [0.05, 0.1) is 35.1 Å². The number of hydrogen-bond donors (Lipinski definition) is 1. The Labute approximate surface area is 179 Å². The molecule has 0 aliphatic rings. The minimum Gasteiger partial charge on any atom is -0.476 e. The highest BCUT2D eigenvalue weighted by Crippen LogP contribution is 2.36. The van der Waals surface area contributed by atoms with Crippen molar-refractivity contribution in [2.75, 3.05) is 26.8 Å². The molecule has 1 heterocycles. The van der Waals surface area contributed by atoms with Crippen LogP contribution in [-0.2, 0) is 17.5 Å². The Morgan fingerprint density at radius 1 is 1.30 bits per heavy atom. The van der Waals surface area contributed by atoms with Gasteiger partial charge in [0.2, 0.25) is 5.88 Å². The maximum atomic E-state index is 9.94. The third-order valence-electron chi connectivity index (χ3n) is 5.23. The molecule has 0 spiro atoms. The summed E-state index contributed by atoms with van der Waals surface area (Å²) in [5.41, 5.74) is 1.11. The van der Waals surface area contributed by atoms with E-state index in [0.29, 0.717) is 32.2 Å². The highest BCUT2D eigenvalue weighted by molar-refractivity contribution is 14.1. The van der Waals surface area contributed by atoms with Gasteiger partial charge in [-0.1, -0.05) is 27.7 Å². The summed E-state index contributed by atoms with van der Waals surface area (Å²) in [7, 11) is 0.252. The van der Waals surface area contributed by atoms with E-state index in [9.17, 15) is 5.11 Å². The molecule has 27 heavy (non-hydrogen) atoms. The molecule has 0 saturated heterocycles. The molecule has 1 N–H and O–H groups in total. The second kappa shape index (κ2) is 10.6. The van der Waals surface area contributed by atoms with Gasteiger partial charge in [-0.15, -0.1) is 5.10 Å². The minimum atomic E-state index is -1.77. The van der Waals surface area contributed by atoms with Crippen LogP contribution in [0.25, 0.3) is 0 Å². The van der Waals surface area contributed by atoms with Crippen molar-refractivity contribution in [3.05, 3.63) is 9.26 Å². The number of aromatic nitrogens is 2. The van der Waals surface area contributed by atoms with Gasteiger partial charge in [0, 0.05) is 13.1 Å². The van der Waals surface area contributed by atoms with E-state index < -0.39 is 8.32 Å². The van der Waals surface area contributed by atoms with Gasteiger partial charge in [0.15, 0.2) is 8.32 Å². The van der Waals surface area contributed by atoms with Crippen LogP contribution in [0.5, 0.6) is 5.88 Å². The molecule has 0 unspecified atom stereocenters. The Morgan fingerprint density at radius 3 is 2.44 bits per heavy atom. The molecule has 0 amide bonds. The largest absolute Gasteiger partial charge is 0.476 e. The van der Waals surface area contributed by atoms with E-state index in [1.807, 2.05) is 25.6 Å². The SMILES string of the molecule is CCOc1nn(CCO[Si](C)(C)C(C)(C)C)c(CN(C)C[C@H](O)CC)c1I. The van der Waals surface area contributed by atoms with Crippen molar-refractivity contribution >= 4 is 30.9 Å². The van der Waals surface area contributed by atoms with Crippen LogP contribution in [0.2, 0.25) is 18.1 Å². The summed E-state index contributed by atoms with van der Waals surface area (Å²) in [6.45, 7) is 18.6. The maximum absolute atomic E-state index is 9.94. The van der Waals surface area contributed by atoms with E-state index >= 15 is 0 Å². The molecule has 0 fully saturated rings. The number of hydrogen-bond acceptors (Lipinski definition) is 5. The summed E-state index contributed by atoms with van der Waals surface area (Å²) in [4.78, 5) is 2.13. The van der Waals surface area contributed by atoms with Crippen LogP contribution in [-0.4, -0.2) is 61.0 Å². The fourth-order valence-electron chi connectivity index (χ4n) is 2.43. The first-order valence-electron chi connectivity index (χ1n) is 9.81. The molecule has 6 nitrogen and oxygen atoms in total. The Balaban J connectivity index is 2.89. The summed E-state index contributed by atoms with van der Waals surface area (Å²) in [6.07, 6.45) is 0.447. The third-order valence-corrected chi connectivity index (χ3v) is 10.9. The minimum absolute atomic E-state index is 0.196. The van der Waals surface area contributed by atoms with Crippen molar-refractivity contribution in [2.24, 2.45) is 0 Å². The van der Waals surface area contributed by atoms with Gasteiger partial charge in [-0.2, -0.15) is 0 Å². The number of ether oxygens (including phenoxy) is 1. The summed E-state index contributed by atoms with van der Waals surface area (Å²) < 4.78 is 15.1. The van der Waals surface area contributed by atoms with Crippen LogP contribution in [0.4, 0.5) is 0 Å². The second-order valence-corrected chi connectivity index (χ2v) is 14.5. The molecule has 0 aromatic carbocycles. The zero-order chi connectivity index (χ0) is 20.8. The average Bonchev–Trinajstić information content (AvgIpc) is 2.83. The van der Waals surface area contributed by atoms with E-state index in [4.69, 9.17) is 9.16 Å². The first-order chi connectivity index (χ1) is 12.4.